The van der Waals surface area contributed by atoms with Gasteiger partial charge in [-0.3, -0.25) is 0 Å². The molecule has 0 heteroatoms. The predicted molar refractivity (Wildman–Crippen MR) is 146 cm³/mol. The van der Waals surface area contributed by atoms with Crippen molar-refractivity contribution in [3.8, 4) is 11.1 Å². The third kappa shape index (κ3) is 2.92. The number of allylic oxidation sites excluding steroid dienone is 5. The third-order valence-corrected chi connectivity index (χ3v) is 7.16. The number of hydrogen-bond donors (Lipinski definition) is 0. The minimum Gasteiger partial charge on any atom is -0.0942 e. The molecular formula is C34H26. The first kappa shape index (κ1) is 20.4. The second-order valence-electron chi connectivity index (χ2n) is 9.02. The monoisotopic (exact) mass is 434 g/mol. The molecule has 0 saturated heterocycles. The van der Waals surface area contributed by atoms with E-state index in [9.17, 15) is 0 Å². The van der Waals surface area contributed by atoms with E-state index in [0.717, 1.165) is 5.57 Å². The van der Waals surface area contributed by atoms with E-state index < -0.39 is 5.41 Å². The third-order valence-electron chi connectivity index (χ3n) is 7.16. The first-order valence-electron chi connectivity index (χ1n) is 11.8. The molecule has 0 aliphatic heterocycles. The van der Waals surface area contributed by atoms with E-state index >= 15 is 0 Å². The van der Waals surface area contributed by atoms with Crippen molar-refractivity contribution in [2.24, 2.45) is 0 Å². The van der Waals surface area contributed by atoms with Crippen LogP contribution in [0.3, 0.4) is 0 Å². The van der Waals surface area contributed by atoms with Gasteiger partial charge in [0.25, 0.3) is 0 Å². The average Bonchev–Trinajstić information content (AvgIpc) is 3.16. The van der Waals surface area contributed by atoms with Crippen molar-refractivity contribution >= 4 is 21.5 Å². The molecule has 0 heterocycles. The SMILES string of the molecule is C=C(/C=C\C=C/C)C1(c2ccccc2)c2cc3ccccc3cc2-c2cc3ccccc3cc21. The van der Waals surface area contributed by atoms with Crippen molar-refractivity contribution < 1.29 is 0 Å². The Balaban J connectivity index is 1.79. The molecule has 0 radical (unpaired) electrons. The van der Waals surface area contributed by atoms with Crippen LogP contribution >= 0.6 is 0 Å². The van der Waals surface area contributed by atoms with Gasteiger partial charge in [0.15, 0.2) is 0 Å². The molecule has 0 atom stereocenters. The number of fused-ring (bicyclic) bond motifs is 5. The molecule has 0 spiro atoms. The van der Waals surface area contributed by atoms with Crippen LogP contribution in [0, 0.1) is 0 Å². The summed E-state index contributed by atoms with van der Waals surface area (Å²) in [5, 5.41) is 5.03. The highest BCUT2D eigenvalue weighted by atomic mass is 14.5. The fourth-order valence-corrected chi connectivity index (χ4v) is 5.63. The van der Waals surface area contributed by atoms with Crippen molar-refractivity contribution in [3.05, 3.63) is 156 Å². The summed E-state index contributed by atoms with van der Waals surface area (Å²) in [4.78, 5) is 0. The smallest absolute Gasteiger partial charge is 0.0708 e. The van der Waals surface area contributed by atoms with Crippen molar-refractivity contribution in [1.82, 2.24) is 0 Å². The molecule has 6 rings (SSSR count). The van der Waals surface area contributed by atoms with Crippen molar-refractivity contribution in [1.29, 1.82) is 0 Å². The van der Waals surface area contributed by atoms with Crippen LogP contribution in [0.1, 0.15) is 23.6 Å². The highest BCUT2D eigenvalue weighted by Gasteiger charge is 2.46. The van der Waals surface area contributed by atoms with Crippen LogP contribution in [0.15, 0.2) is 140 Å². The molecule has 0 N–H and O–H groups in total. The Hall–Kier alpha value is -4.16. The Morgan fingerprint density at radius 3 is 1.59 bits per heavy atom. The summed E-state index contributed by atoms with van der Waals surface area (Å²) in [6.07, 6.45) is 8.40. The van der Waals surface area contributed by atoms with Gasteiger partial charge in [-0.2, -0.15) is 0 Å². The maximum atomic E-state index is 4.69. The van der Waals surface area contributed by atoms with Crippen LogP contribution in [0.25, 0.3) is 32.7 Å². The van der Waals surface area contributed by atoms with E-state index in [0.29, 0.717) is 0 Å². The van der Waals surface area contributed by atoms with Gasteiger partial charge < -0.3 is 0 Å². The molecular weight excluding hydrogens is 408 g/mol. The fourth-order valence-electron chi connectivity index (χ4n) is 5.63. The van der Waals surface area contributed by atoms with E-state index in [2.05, 4.69) is 127 Å². The summed E-state index contributed by atoms with van der Waals surface area (Å²) in [6, 6.07) is 37.7. The Labute approximate surface area is 201 Å². The maximum absolute atomic E-state index is 4.69. The Bertz CT molecular complexity index is 1530. The summed E-state index contributed by atoms with van der Waals surface area (Å²) in [5.74, 6) is 0. The lowest BCUT2D eigenvalue weighted by molar-refractivity contribution is 0.772. The molecule has 0 nitrogen and oxygen atoms in total. The minimum atomic E-state index is -0.460. The van der Waals surface area contributed by atoms with Gasteiger partial charge in [0.1, 0.15) is 0 Å². The Morgan fingerprint density at radius 1 is 0.618 bits per heavy atom. The number of rotatable bonds is 4. The molecule has 0 aromatic heterocycles. The van der Waals surface area contributed by atoms with Crippen molar-refractivity contribution in [3.63, 3.8) is 0 Å². The van der Waals surface area contributed by atoms with E-state index in [1.165, 1.54) is 49.4 Å². The van der Waals surface area contributed by atoms with Gasteiger partial charge in [0, 0.05) is 0 Å². The first-order valence-corrected chi connectivity index (χ1v) is 11.8. The summed E-state index contributed by atoms with van der Waals surface area (Å²) in [5.41, 5.74) is 7.06. The van der Waals surface area contributed by atoms with Gasteiger partial charge in [0.2, 0.25) is 0 Å². The molecule has 0 unspecified atom stereocenters. The maximum Gasteiger partial charge on any atom is 0.0708 e. The van der Waals surface area contributed by atoms with Crippen LogP contribution in [-0.2, 0) is 5.41 Å². The summed E-state index contributed by atoms with van der Waals surface area (Å²) < 4.78 is 0. The van der Waals surface area contributed by atoms with Gasteiger partial charge in [-0.05, 0) is 86.1 Å². The fraction of sp³-hybridized carbons (Fsp3) is 0.0588. The molecule has 1 aliphatic carbocycles. The van der Waals surface area contributed by atoms with Crippen LogP contribution in [0.2, 0.25) is 0 Å². The zero-order chi connectivity index (χ0) is 23.1. The molecule has 0 bridgehead atoms. The van der Waals surface area contributed by atoms with E-state index in [1.54, 1.807) is 0 Å². The van der Waals surface area contributed by atoms with Crippen LogP contribution < -0.4 is 0 Å². The van der Waals surface area contributed by atoms with Gasteiger partial charge >= 0.3 is 0 Å². The quantitative estimate of drug-likeness (QED) is 0.248. The zero-order valence-electron chi connectivity index (χ0n) is 19.3. The number of benzene rings is 5. The largest absolute Gasteiger partial charge is 0.0942 e. The second kappa shape index (κ2) is 8.01. The first-order chi connectivity index (χ1) is 16.7. The summed E-state index contributed by atoms with van der Waals surface area (Å²) >= 11 is 0. The van der Waals surface area contributed by atoms with E-state index in [4.69, 9.17) is 6.58 Å². The molecule has 162 valence electrons. The lowest BCUT2D eigenvalue weighted by Crippen LogP contribution is -2.28. The minimum absolute atomic E-state index is 0.460. The van der Waals surface area contributed by atoms with Crippen LogP contribution in [-0.4, -0.2) is 0 Å². The lowest BCUT2D eigenvalue weighted by Gasteiger charge is -2.34. The normalized spacial score (nSPS) is 14.1. The summed E-state index contributed by atoms with van der Waals surface area (Å²) in [6.45, 7) is 6.73. The van der Waals surface area contributed by atoms with E-state index in [1.807, 2.05) is 6.92 Å². The topological polar surface area (TPSA) is 0 Å². The van der Waals surface area contributed by atoms with Gasteiger partial charge in [-0.15, -0.1) is 0 Å². The predicted octanol–water partition coefficient (Wildman–Crippen LogP) is 9.00. The molecule has 5 aromatic rings. The highest BCUT2D eigenvalue weighted by molar-refractivity contribution is 6.00. The highest BCUT2D eigenvalue weighted by Crippen LogP contribution is 2.57. The summed E-state index contributed by atoms with van der Waals surface area (Å²) in [7, 11) is 0. The van der Waals surface area contributed by atoms with E-state index in [-0.39, 0.29) is 0 Å². The zero-order valence-corrected chi connectivity index (χ0v) is 19.3. The molecule has 34 heavy (non-hydrogen) atoms. The Morgan fingerprint density at radius 2 is 1.09 bits per heavy atom. The molecule has 0 fully saturated rings. The molecule has 1 aliphatic rings. The van der Waals surface area contributed by atoms with Crippen LogP contribution in [0.4, 0.5) is 0 Å². The van der Waals surface area contributed by atoms with Crippen LogP contribution in [0.5, 0.6) is 0 Å². The van der Waals surface area contributed by atoms with Gasteiger partial charge in [0.05, 0.1) is 5.41 Å². The molecule has 0 amide bonds. The standard InChI is InChI=1S/C34H26/c1-3-4-6-13-24(2)34(29-18-7-5-8-19-29)32-22-27-16-11-9-14-25(27)20-30(32)31-21-26-15-10-12-17-28(26)23-33(31)34/h3-23H,2H2,1H3/b4-3-,13-6-. The second-order valence-corrected chi connectivity index (χ2v) is 9.02. The lowest BCUT2D eigenvalue weighted by atomic mass is 9.67. The Kier molecular flexibility index (Phi) is 4.81. The molecule has 0 saturated carbocycles. The van der Waals surface area contributed by atoms with Crippen molar-refractivity contribution in [2.75, 3.05) is 0 Å². The average molecular weight is 435 g/mol. The van der Waals surface area contributed by atoms with Gasteiger partial charge in [-0.1, -0.05) is 110 Å². The number of hydrogen-bond acceptors (Lipinski definition) is 0. The van der Waals surface area contributed by atoms with Crippen molar-refractivity contribution in [2.45, 2.75) is 12.3 Å². The molecule has 5 aromatic carbocycles. The van der Waals surface area contributed by atoms with Gasteiger partial charge in [-0.25, -0.2) is 0 Å².